The monoisotopic (exact) mass is 276 g/mol. The third-order valence-electron chi connectivity index (χ3n) is 1.63. The van der Waals surface area contributed by atoms with Crippen molar-refractivity contribution in [2.45, 2.75) is 18.9 Å². The van der Waals surface area contributed by atoms with Crippen molar-refractivity contribution in [3.63, 3.8) is 0 Å². The van der Waals surface area contributed by atoms with Crippen LogP contribution in [0.1, 0.15) is 5.56 Å². The molecule has 1 aromatic carbocycles. The van der Waals surface area contributed by atoms with Gasteiger partial charge in [-0.15, -0.1) is 24.8 Å². The predicted molar refractivity (Wildman–Crippen MR) is 49.3 cm³/mol. The van der Waals surface area contributed by atoms with Gasteiger partial charge in [0.05, 0.1) is 5.88 Å². The topological polar surface area (TPSA) is 18.5 Å². The zero-order valence-corrected chi connectivity index (χ0v) is 8.86. The van der Waals surface area contributed by atoms with E-state index in [9.17, 15) is 22.0 Å². The van der Waals surface area contributed by atoms with Gasteiger partial charge < -0.3 is 9.47 Å². The standard InChI is InChI=1S/C9H6ClF5O2/c10-4-5-3-6(16-8(11)12)1-2-7(5)17-9(13,14)15/h1-3,8H,4H2. The van der Waals surface area contributed by atoms with Gasteiger partial charge in [0.2, 0.25) is 0 Å². The first-order valence-corrected chi connectivity index (χ1v) is 4.74. The van der Waals surface area contributed by atoms with Crippen molar-refractivity contribution >= 4 is 11.6 Å². The quantitative estimate of drug-likeness (QED) is 0.613. The van der Waals surface area contributed by atoms with Gasteiger partial charge in [0.1, 0.15) is 11.5 Å². The van der Waals surface area contributed by atoms with Crippen molar-refractivity contribution in [2.75, 3.05) is 0 Å². The molecule has 0 heterocycles. The van der Waals surface area contributed by atoms with Crippen molar-refractivity contribution in [3.8, 4) is 11.5 Å². The van der Waals surface area contributed by atoms with Crippen molar-refractivity contribution in [2.24, 2.45) is 0 Å². The highest BCUT2D eigenvalue weighted by atomic mass is 35.5. The van der Waals surface area contributed by atoms with Gasteiger partial charge in [0.25, 0.3) is 0 Å². The maximum absolute atomic E-state index is 12.0. The van der Waals surface area contributed by atoms with E-state index in [0.29, 0.717) is 0 Å². The summed E-state index contributed by atoms with van der Waals surface area (Å²) in [5.41, 5.74) is -0.0952. The molecule has 17 heavy (non-hydrogen) atoms. The van der Waals surface area contributed by atoms with Crippen LogP contribution in [0.2, 0.25) is 0 Å². The highest BCUT2D eigenvalue weighted by Crippen LogP contribution is 2.30. The highest BCUT2D eigenvalue weighted by Gasteiger charge is 2.32. The molecule has 8 heteroatoms. The summed E-state index contributed by atoms with van der Waals surface area (Å²) in [6.45, 7) is -3.06. The first kappa shape index (κ1) is 13.8. The van der Waals surface area contributed by atoms with Gasteiger partial charge in [-0.3, -0.25) is 0 Å². The Morgan fingerprint density at radius 2 is 1.88 bits per heavy atom. The van der Waals surface area contributed by atoms with Crippen LogP contribution in [-0.4, -0.2) is 13.0 Å². The SMILES string of the molecule is FC(F)Oc1ccc(OC(F)(F)F)c(CCl)c1. The largest absolute Gasteiger partial charge is 0.573 e. The molecule has 2 nitrogen and oxygen atoms in total. The first-order chi connectivity index (χ1) is 7.81. The van der Waals surface area contributed by atoms with Gasteiger partial charge >= 0.3 is 13.0 Å². The molecule has 0 unspecified atom stereocenters. The normalized spacial score (nSPS) is 11.7. The second-order valence-corrected chi connectivity index (χ2v) is 3.10. The fourth-order valence-electron chi connectivity index (χ4n) is 1.06. The number of benzene rings is 1. The molecule has 0 amide bonds. The molecule has 0 fully saturated rings. The van der Waals surface area contributed by atoms with E-state index in [0.717, 1.165) is 18.2 Å². The van der Waals surface area contributed by atoms with Gasteiger partial charge in [-0.2, -0.15) is 8.78 Å². The Morgan fingerprint density at radius 1 is 1.24 bits per heavy atom. The molecule has 96 valence electrons. The van der Waals surface area contributed by atoms with Crippen molar-refractivity contribution in [1.82, 2.24) is 0 Å². The maximum Gasteiger partial charge on any atom is 0.573 e. The summed E-state index contributed by atoms with van der Waals surface area (Å²) in [6, 6.07) is 2.76. The van der Waals surface area contributed by atoms with Crippen LogP contribution < -0.4 is 9.47 Å². The van der Waals surface area contributed by atoms with E-state index < -0.39 is 18.7 Å². The summed E-state index contributed by atoms with van der Waals surface area (Å²) >= 11 is 5.38. The molecule has 1 rings (SSSR count). The molecule has 0 aromatic heterocycles. The minimum Gasteiger partial charge on any atom is -0.435 e. The Kier molecular flexibility index (Phi) is 4.39. The summed E-state index contributed by atoms with van der Waals surface area (Å²) in [7, 11) is 0. The lowest BCUT2D eigenvalue weighted by Crippen LogP contribution is -2.18. The molecule has 0 aliphatic carbocycles. The average Bonchev–Trinajstić information content (AvgIpc) is 2.17. The van der Waals surface area contributed by atoms with E-state index >= 15 is 0 Å². The van der Waals surface area contributed by atoms with E-state index in [-0.39, 0.29) is 17.2 Å². The summed E-state index contributed by atoms with van der Waals surface area (Å²) in [5.74, 6) is -1.16. The third-order valence-corrected chi connectivity index (χ3v) is 1.91. The smallest absolute Gasteiger partial charge is 0.435 e. The Balaban J connectivity index is 2.93. The van der Waals surface area contributed by atoms with Crippen LogP contribution in [-0.2, 0) is 5.88 Å². The second-order valence-electron chi connectivity index (χ2n) is 2.83. The Hall–Kier alpha value is -1.24. The van der Waals surface area contributed by atoms with E-state index in [2.05, 4.69) is 9.47 Å². The van der Waals surface area contributed by atoms with Gasteiger partial charge in [0, 0.05) is 5.56 Å². The summed E-state index contributed by atoms with van der Waals surface area (Å²) in [6.07, 6.45) is -4.87. The molecule has 0 atom stereocenters. The third kappa shape index (κ3) is 4.64. The number of rotatable bonds is 4. The van der Waals surface area contributed by atoms with Crippen LogP contribution in [0, 0.1) is 0 Å². The van der Waals surface area contributed by atoms with Crippen LogP contribution in [0.3, 0.4) is 0 Å². The van der Waals surface area contributed by atoms with Crippen LogP contribution in [0.25, 0.3) is 0 Å². The zero-order valence-electron chi connectivity index (χ0n) is 8.10. The molecule has 0 radical (unpaired) electrons. The molecule has 0 bridgehead atoms. The Bertz CT molecular complexity index is 380. The van der Waals surface area contributed by atoms with Crippen LogP contribution in [0.4, 0.5) is 22.0 Å². The number of ether oxygens (including phenoxy) is 2. The molecule has 0 aliphatic rings. The molecular weight excluding hydrogens is 271 g/mol. The number of halogens is 6. The van der Waals surface area contributed by atoms with Gasteiger partial charge in [-0.05, 0) is 18.2 Å². The fraction of sp³-hybridized carbons (Fsp3) is 0.333. The van der Waals surface area contributed by atoms with Crippen molar-refractivity contribution in [3.05, 3.63) is 23.8 Å². The molecule has 0 aliphatic heterocycles. The van der Waals surface area contributed by atoms with Crippen LogP contribution >= 0.6 is 11.6 Å². The fourth-order valence-corrected chi connectivity index (χ4v) is 1.27. The number of alkyl halides is 6. The zero-order chi connectivity index (χ0) is 13.1. The van der Waals surface area contributed by atoms with E-state index in [1.54, 1.807) is 0 Å². The Morgan fingerprint density at radius 3 is 2.35 bits per heavy atom. The minimum absolute atomic E-state index is 0.0952. The number of hydrogen-bond donors (Lipinski definition) is 0. The maximum atomic E-state index is 12.0. The van der Waals surface area contributed by atoms with Gasteiger partial charge in [-0.25, -0.2) is 0 Å². The second kappa shape index (κ2) is 5.39. The molecule has 0 saturated heterocycles. The van der Waals surface area contributed by atoms with E-state index in [1.807, 2.05) is 0 Å². The van der Waals surface area contributed by atoms with Crippen LogP contribution in [0.5, 0.6) is 11.5 Å². The molecule has 0 saturated carbocycles. The van der Waals surface area contributed by atoms with Crippen molar-refractivity contribution < 1.29 is 31.4 Å². The summed E-state index contributed by atoms with van der Waals surface area (Å²) in [4.78, 5) is 0. The molecular formula is C9H6ClF5O2. The summed E-state index contributed by atoms with van der Waals surface area (Å²) < 4.78 is 67.2. The first-order valence-electron chi connectivity index (χ1n) is 4.21. The van der Waals surface area contributed by atoms with E-state index in [1.165, 1.54) is 0 Å². The molecule has 0 spiro atoms. The lowest BCUT2D eigenvalue weighted by Gasteiger charge is -2.13. The van der Waals surface area contributed by atoms with Gasteiger partial charge in [0.15, 0.2) is 0 Å². The minimum atomic E-state index is -4.87. The predicted octanol–water partition coefficient (Wildman–Crippen LogP) is 3.93. The Labute approximate surface area is 97.9 Å². The molecule has 1 aromatic rings. The van der Waals surface area contributed by atoms with Crippen LogP contribution in [0.15, 0.2) is 18.2 Å². The lowest BCUT2D eigenvalue weighted by molar-refractivity contribution is -0.274. The van der Waals surface area contributed by atoms with Crippen molar-refractivity contribution in [1.29, 1.82) is 0 Å². The highest BCUT2D eigenvalue weighted by molar-refractivity contribution is 6.17. The molecule has 0 N–H and O–H groups in total. The average molecular weight is 277 g/mol. The summed E-state index contributed by atoms with van der Waals surface area (Å²) in [5, 5.41) is 0. The number of hydrogen-bond acceptors (Lipinski definition) is 2. The lowest BCUT2D eigenvalue weighted by atomic mass is 10.2. The van der Waals surface area contributed by atoms with Gasteiger partial charge in [-0.1, -0.05) is 0 Å². The van der Waals surface area contributed by atoms with E-state index in [4.69, 9.17) is 11.6 Å².